The smallest absolute Gasteiger partial charge is 0.225 e. The molecule has 2 aliphatic rings. The van der Waals surface area contributed by atoms with Gasteiger partial charge in [0.2, 0.25) is 5.91 Å². The average Bonchev–Trinajstić information content (AvgIpc) is 3.09. The molecule has 1 aromatic rings. The average molecular weight is 383 g/mol. The highest BCUT2D eigenvalue weighted by Crippen LogP contribution is 2.29. The summed E-state index contributed by atoms with van der Waals surface area (Å²) < 4.78 is 24.5. The molecule has 146 valence electrons. The van der Waals surface area contributed by atoms with Gasteiger partial charge in [-0.25, -0.2) is 8.42 Å². The first-order valence-corrected chi connectivity index (χ1v) is 11.3. The van der Waals surface area contributed by atoms with Crippen molar-refractivity contribution < 1.29 is 13.2 Å². The van der Waals surface area contributed by atoms with Gasteiger partial charge in [-0.1, -0.05) is 27.7 Å². The number of carbonyl (C=O) groups excluding carboxylic acids is 1. The van der Waals surface area contributed by atoms with Gasteiger partial charge in [0.05, 0.1) is 23.2 Å². The van der Waals surface area contributed by atoms with Gasteiger partial charge in [-0.15, -0.1) is 0 Å². The van der Waals surface area contributed by atoms with Crippen LogP contribution < -0.4 is 0 Å². The molecule has 1 N–H and O–H groups in total. The topological polar surface area (TPSA) is 86.4 Å². The lowest BCUT2D eigenvalue weighted by molar-refractivity contribution is -0.140. The minimum atomic E-state index is -3.12. The Morgan fingerprint density at radius 1 is 1.23 bits per heavy atom. The molecule has 7 nitrogen and oxygen atoms in total. The minimum Gasteiger partial charge on any atom is -0.336 e. The molecule has 2 atom stereocenters. The van der Waals surface area contributed by atoms with Crippen LogP contribution in [0.25, 0.3) is 0 Å². The number of fused-ring (bicyclic) bond motifs is 1. The Labute approximate surface area is 156 Å². The molecule has 8 heteroatoms. The van der Waals surface area contributed by atoms with Crippen LogP contribution in [0.1, 0.15) is 39.1 Å². The molecule has 0 bridgehead atoms. The molecule has 0 spiro atoms. The highest BCUT2D eigenvalue weighted by atomic mass is 32.2. The van der Waals surface area contributed by atoms with Crippen LogP contribution in [-0.2, 0) is 27.6 Å². The fourth-order valence-corrected chi connectivity index (χ4v) is 6.07. The minimum absolute atomic E-state index is 0.0532. The second kappa shape index (κ2) is 7.31. The summed E-state index contributed by atoms with van der Waals surface area (Å²) >= 11 is 0. The largest absolute Gasteiger partial charge is 0.336 e. The molecule has 2 fully saturated rings. The zero-order chi connectivity index (χ0) is 19.1. The van der Waals surface area contributed by atoms with Crippen molar-refractivity contribution in [1.29, 1.82) is 0 Å². The number of sulfone groups is 1. The summed E-state index contributed by atoms with van der Waals surface area (Å²) in [6, 6.07) is 1.71. The van der Waals surface area contributed by atoms with E-state index in [9.17, 15) is 13.2 Å². The highest BCUT2D eigenvalue weighted by Gasteiger charge is 2.48. The van der Waals surface area contributed by atoms with Crippen LogP contribution in [0.3, 0.4) is 0 Å². The molecule has 3 heterocycles. The van der Waals surface area contributed by atoms with Crippen molar-refractivity contribution in [2.75, 3.05) is 24.6 Å². The molecule has 0 radical (unpaired) electrons. The SMILES string of the molecule is CC(C)Cc1cc(CN2CCN(C(=O)C(C)C)[C@@H]3CS(=O)(=O)C[C@@H]32)[nH]n1. The molecule has 0 aliphatic carbocycles. The van der Waals surface area contributed by atoms with Gasteiger partial charge in [-0.2, -0.15) is 5.10 Å². The van der Waals surface area contributed by atoms with E-state index in [1.54, 1.807) is 4.90 Å². The molecule has 0 unspecified atom stereocenters. The van der Waals surface area contributed by atoms with Gasteiger partial charge >= 0.3 is 0 Å². The zero-order valence-electron chi connectivity index (χ0n) is 16.1. The summed E-state index contributed by atoms with van der Waals surface area (Å²) in [7, 11) is -3.12. The Morgan fingerprint density at radius 3 is 2.58 bits per heavy atom. The Bertz CT molecular complexity index is 756. The standard InChI is InChI=1S/C18H30N4O3S/c1-12(2)7-14-8-15(20-19-14)9-21-5-6-22(18(23)13(3)4)17-11-26(24,25)10-16(17)21/h8,12-13,16-17H,5-7,9-11H2,1-4H3,(H,19,20)/t16-,17+/m0/s1. The lowest BCUT2D eigenvalue weighted by Gasteiger charge is -2.44. The summed E-state index contributed by atoms with van der Waals surface area (Å²) in [6.07, 6.45) is 0.924. The van der Waals surface area contributed by atoms with E-state index in [0.717, 1.165) is 17.8 Å². The molecule has 3 rings (SSSR count). The molecule has 2 aliphatic heterocycles. The van der Waals surface area contributed by atoms with Crippen LogP contribution in [-0.4, -0.2) is 71.0 Å². The molecule has 1 aromatic heterocycles. The summed E-state index contributed by atoms with van der Waals surface area (Å²) in [6.45, 7) is 9.97. The third-order valence-electron chi connectivity index (χ3n) is 5.24. The Hall–Kier alpha value is -1.41. The Balaban J connectivity index is 1.75. The van der Waals surface area contributed by atoms with Crippen molar-refractivity contribution in [2.45, 2.75) is 52.7 Å². The van der Waals surface area contributed by atoms with Gasteiger partial charge in [-0.05, 0) is 18.4 Å². The number of aromatic nitrogens is 2. The summed E-state index contributed by atoms with van der Waals surface area (Å²) in [4.78, 5) is 16.5. The van der Waals surface area contributed by atoms with Crippen LogP contribution in [0.5, 0.6) is 0 Å². The van der Waals surface area contributed by atoms with E-state index in [-0.39, 0.29) is 35.4 Å². The maximum atomic E-state index is 12.5. The molecular weight excluding hydrogens is 352 g/mol. The molecule has 0 saturated carbocycles. The van der Waals surface area contributed by atoms with Crippen molar-refractivity contribution in [3.8, 4) is 0 Å². The van der Waals surface area contributed by atoms with E-state index < -0.39 is 9.84 Å². The van der Waals surface area contributed by atoms with E-state index in [2.05, 4.69) is 35.0 Å². The Kier molecular flexibility index (Phi) is 5.44. The van der Waals surface area contributed by atoms with Crippen LogP contribution in [0.4, 0.5) is 0 Å². The van der Waals surface area contributed by atoms with E-state index in [0.29, 0.717) is 25.6 Å². The lowest BCUT2D eigenvalue weighted by Crippen LogP contribution is -2.60. The summed E-state index contributed by atoms with van der Waals surface area (Å²) in [5, 5.41) is 7.46. The fraction of sp³-hybridized carbons (Fsp3) is 0.778. The summed E-state index contributed by atoms with van der Waals surface area (Å²) in [5.74, 6) is 0.691. The van der Waals surface area contributed by atoms with Crippen molar-refractivity contribution in [3.63, 3.8) is 0 Å². The third kappa shape index (κ3) is 4.11. The number of nitrogens with one attached hydrogen (secondary N) is 1. The number of hydrogen-bond donors (Lipinski definition) is 1. The number of rotatable bonds is 5. The number of hydrogen-bond acceptors (Lipinski definition) is 5. The predicted molar refractivity (Wildman–Crippen MR) is 100 cm³/mol. The van der Waals surface area contributed by atoms with E-state index in [1.807, 2.05) is 13.8 Å². The quantitative estimate of drug-likeness (QED) is 0.823. The summed E-state index contributed by atoms with van der Waals surface area (Å²) in [5.41, 5.74) is 2.05. The molecule has 0 aromatic carbocycles. The van der Waals surface area contributed by atoms with E-state index >= 15 is 0 Å². The second-order valence-electron chi connectivity index (χ2n) is 8.35. The normalized spacial score (nSPS) is 25.8. The molecule has 1 amide bonds. The van der Waals surface area contributed by atoms with Crippen molar-refractivity contribution in [1.82, 2.24) is 20.0 Å². The van der Waals surface area contributed by atoms with Crippen LogP contribution >= 0.6 is 0 Å². The van der Waals surface area contributed by atoms with Crippen LogP contribution in [0.15, 0.2) is 6.07 Å². The fourth-order valence-electron chi connectivity index (χ4n) is 4.06. The number of amides is 1. The van der Waals surface area contributed by atoms with Crippen LogP contribution in [0.2, 0.25) is 0 Å². The van der Waals surface area contributed by atoms with Gasteiger partial charge in [0, 0.05) is 37.3 Å². The lowest BCUT2D eigenvalue weighted by atomic mass is 10.0. The first kappa shape index (κ1) is 19.4. The molecular formula is C18H30N4O3S. The van der Waals surface area contributed by atoms with E-state index in [4.69, 9.17) is 0 Å². The van der Waals surface area contributed by atoms with E-state index in [1.165, 1.54) is 0 Å². The maximum Gasteiger partial charge on any atom is 0.225 e. The third-order valence-corrected chi connectivity index (χ3v) is 6.94. The number of aromatic amines is 1. The number of nitrogens with zero attached hydrogens (tertiary/aromatic N) is 3. The van der Waals surface area contributed by atoms with Gasteiger partial charge in [0.25, 0.3) is 0 Å². The van der Waals surface area contributed by atoms with Crippen molar-refractivity contribution in [3.05, 3.63) is 17.5 Å². The first-order chi connectivity index (χ1) is 12.2. The highest BCUT2D eigenvalue weighted by molar-refractivity contribution is 7.91. The predicted octanol–water partition coefficient (Wildman–Crippen LogP) is 1.07. The first-order valence-electron chi connectivity index (χ1n) is 9.44. The molecule has 26 heavy (non-hydrogen) atoms. The van der Waals surface area contributed by atoms with Gasteiger partial charge in [0.1, 0.15) is 0 Å². The van der Waals surface area contributed by atoms with Gasteiger partial charge < -0.3 is 4.90 Å². The number of H-pyrrole nitrogens is 1. The van der Waals surface area contributed by atoms with Crippen LogP contribution in [0, 0.1) is 11.8 Å². The second-order valence-corrected chi connectivity index (χ2v) is 10.5. The molecule has 2 saturated heterocycles. The van der Waals surface area contributed by atoms with Crippen molar-refractivity contribution in [2.24, 2.45) is 11.8 Å². The number of carbonyl (C=O) groups is 1. The zero-order valence-corrected chi connectivity index (χ0v) is 16.9. The Morgan fingerprint density at radius 2 is 1.92 bits per heavy atom. The maximum absolute atomic E-state index is 12.5. The monoisotopic (exact) mass is 382 g/mol. The van der Waals surface area contributed by atoms with Gasteiger partial charge in [-0.3, -0.25) is 14.8 Å². The van der Waals surface area contributed by atoms with Crippen molar-refractivity contribution >= 4 is 15.7 Å². The number of piperazine rings is 1. The van der Waals surface area contributed by atoms with Gasteiger partial charge in [0.15, 0.2) is 9.84 Å².